The number of nitrogens with one attached hydrogen (secondary N) is 2. The molecule has 0 aliphatic heterocycles. The molecule has 0 saturated carbocycles. The van der Waals surface area contributed by atoms with Crippen molar-refractivity contribution < 1.29 is 19.2 Å². The summed E-state index contributed by atoms with van der Waals surface area (Å²) in [7, 11) is 0. The molecular weight excluding hydrogens is 272 g/mol. The molecule has 6 heteroatoms. The van der Waals surface area contributed by atoms with Crippen molar-refractivity contribution >= 4 is 23.4 Å². The third kappa shape index (κ3) is 5.99. The van der Waals surface area contributed by atoms with Crippen molar-refractivity contribution in [2.24, 2.45) is 0 Å². The second kappa shape index (κ2) is 7.94. The van der Waals surface area contributed by atoms with E-state index in [1.54, 1.807) is 24.3 Å². The fourth-order valence-electron chi connectivity index (χ4n) is 1.58. The number of hydrogen-bond acceptors (Lipinski definition) is 4. The van der Waals surface area contributed by atoms with Crippen LogP contribution in [0.5, 0.6) is 0 Å². The number of Topliss-reactive ketones (excluding diaryl/α,β-unsaturated/α-hetero) is 2. The summed E-state index contributed by atoms with van der Waals surface area (Å²) in [5.41, 5.74) is 1.41. The molecule has 112 valence electrons. The average molecular weight is 290 g/mol. The SMILES string of the molecule is CC(=O)NCCNC(=O)C(=O)CC(=O)c1ccc(C)cc1. The van der Waals surface area contributed by atoms with Crippen LogP contribution in [0.4, 0.5) is 0 Å². The van der Waals surface area contributed by atoms with E-state index in [0.29, 0.717) is 5.56 Å². The Morgan fingerprint density at radius 3 is 2.10 bits per heavy atom. The lowest BCUT2D eigenvalue weighted by Gasteiger charge is -2.05. The molecule has 6 nitrogen and oxygen atoms in total. The molecule has 1 rings (SSSR count). The zero-order valence-corrected chi connectivity index (χ0v) is 12.1. The lowest BCUT2D eigenvalue weighted by atomic mass is 10.0. The van der Waals surface area contributed by atoms with Crippen LogP contribution in [0, 0.1) is 6.92 Å². The smallest absolute Gasteiger partial charge is 0.287 e. The summed E-state index contributed by atoms with van der Waals surface area (Å²) in [5, 5.41) is 4.83. The number of carbonyl (C=O) groups is 4. The van der Waals surface area contributed by atoms with Crippen LogP contribution in [0.2, 0.25) is 0 Å². The predicted molar refractivity (Wildman–Crippen MR) is 76.8 cm³/mol. The zero-order valence-electron chi connectivity index (χ0n) is 12.1. The highest BCUT2D eigenvalue weighted by atomic mass is 16.2. The highest BCUT2D eigenvalue weighted by Gasteiger charge is 2.18. The Bertz CT molecular complexity index is 549. The van der Waals surface area contributed by atoms with Crippen LogP contribution in [0.15, 0.2) is 24.3 Å². The summed E-state index contributed by atoms with van der Waals surface area (Å²) in [5.74, 6) is -2.22. The predicted octanol–water partition coefficient (Wildman–Crippen LogP) is 0.389. The van der Waals surface area contributed by atoms with Gasteiger partial charge in [-0.2, -0.15) is 0 Å². The van der Waals surface area contributed by atoms with E-state index < -0.39 is 23.9 Å². The van der Waals surface area contributed by atoms with Gasteiger partial charge in [0.05, 0.1) is 6.42 Å². The second-order valence-electron chi connectivity index (χ2n) is 4.63. The third-order valence-corrected chi connectivity index (χ3v) is 2.73. The van der Waals surface area contributed by atoms with Gasteiger partial charge in [-0.05, 0) is 6.92 Å². The Balaban J connectivity index is 2.41. The van der Waals surface area contributed by atoms with E-state index in [1.165, 1.54) is 6.92 Å². The number of carbonyl (C=O) groups excluding carboxylic acids is 4. The summed E-state index contributed by atoms with van der Waals surface area (Å²) in [6.07, 6.45) is -0.463. The van der Waals surface area contributed by atoms with Crippen molar-refractivity contribution in [3.05, 3.63) is 35.4 Å². The second-order valence-corrected chi connectivity index (χ2v) is 4.63. The monoisotopic (exact) mass is 290 g/mol. The molecule has 2 N–H and O–H groups in total. The normalized spacial score (nSPS) is 9.81. The Kier molecular flexibility index (Phi) is 6.26. The molecule has 0 bridgehead atoms. The number of amides is 2. The lowest BCUT2D eigenvalue weighted by molar-refractivity contribution is -0.137. The van der Waals surface area contributed by atoms with Gasteiger partial charge in [0.15, 0.2) is 5.78 Å². The average Bonchev–Trinajstić information content (AvgIpc) is 2.43. The van der Waals surface area contributed by atoms with E-state index in [4.69, 9.17) is 0 Å². The lowest BCUT2D eigenvalue weighted by Crippen LogP contribution is -2.37. The first-order valence-corrected chi connectivity index (χ1v) is 6.55. The van der Waals surface area contributed by atoms with Crippen LogP contribution in [0.25, 0.3) is 0 Å². The maximum atomic E-state index is 11.8. The first kappa shape index (κ1) is 16.6. The minimum Gasteiger partial charge on any atom is -0.355 e. The molecule has 21 heavy (non-hydrogen) atoms. The quantitative estimate of drug-likeness (QED) is 0.329. The maximum Gasteiger partial charge on any atom is 0.287 e. The Labute approximate surface area is 122 Å². The fraction of sp³-hybridized carbons (Fsp3) is 0.333. The van der Waals surface area contributed by atoms with Crippen molar-refractivity contribution in [2.75, 3.05) is 13.1 Å². The first-order chi connectivity index (χ1) is 9.90. The Hall–Kier alpha value is -2.50. The van der Waals surface area contributed by atoms with Gasteiger partial charge >= 0.3 is 0 Å². The molecule has 0 fully saturated rings. The van der Waals surface area contributed by atoms with Crippen LogP contribution in [-0.4, -0.2) is 36.5 Å². The number of rotatable bonds is 7. The molecule has 0 unspecified atom stereocenters. The summed E-state index contributed by atoms with van der Waals surface area (Å²) >= 11 is 0. The van der Waals surface area contributed by atoms with Crippen LogP contribution in [0.3, 0.4) is 0 Å². The summed E-state index contributed by atoms with van der Waals surface area (Å²) in [6, 6.07) is 6.79. The minimum atomic E-state index is -0.819. The summed E-state index contributed by atoms with van der Waals surface area (Å²) in [6.45, 7) is 3.62. The third-order valence-electron chi connectivity index (χ3n) is 2.73. The zero-order chi connectivity index (χ0) is 15.8. The van der Waals surface area contributed by atoms with Crippen molar-refractivity contribution in [2.45, 2.75) is 20.3 Å². The van der Waals surface area contributed by atoms with Crippen LogP contribution in [-0.2, 0) is 14.4 Å². The van der Waals surface area contributed by atoms with Gasteiger partial charge in [0.2, 0.25) is 11.7 Å². The number of ketones is 2. The standard InChI is InChI=1S/C15H18N2O4/c1-10-3-5-12(6-4-10)13(19)9-14(20)15(21)17-8-7-16-11(2)18/h3-6H,7-9H2,1-2H3,(H,16,18)(H,17,21). The van der Waals surface area contributed by atoms with Gasteiger partial charge in [0.25, 0.3) is 5.91 Å². The van der Waals surface area contributed by atoms with Gasteiger partial charge in [-0.3, -0.25) is 19.2 Å². The number of hydrogen-bond donors (Lipinski definition) is 2. The van der Waals surface area contributed by atoms with E-state index in [9.17, 15) is 19.2 Å². The topological polar surface area (TPSA) is 92.3 Å². The van der Waals surface area contributed by atoms with E-state index in [-0.39, 0.29) is 19.0 Å². The molecule has 0 saturated heterocycles. The molecule has 0 spiro atoms. The maximum absolute atomic E-state index is 11.8. The van der Waals surface area contributed by atoms with E-state index >= 15 is 0 Å². The molecule has 0 aliphatic carbocycles. The molecule has 1 aromatic rings. The van der Waals surface area contributed by atoms with Crippen LogP contribution >= 0.6 is 0 Å². The van der Waals surface area contributed by atoms with Gasteiger partial charge < -0.3 is 10.6 Å². The minimum absolute atomic E-state index is 0.142. The number of aryl methyl sites for hydroxylation is 1. The van der Waals surface area contributed by atoms with Gasteiger partial charge in [0, 0.05) is 25.6 Å². The Morgan fingerprint density at radius 1 is 0.952 bits per heavy atom. The van der Waals surface area contributed by atoms with Crippen molar-refractivity contribution in [1.29, 1.82) is 0 Å². The van der Waals surface area contributed by atoms with Gasteiger partial charge in [-0.1, -0.05) is 29.8 Å². The van der Waals surface area contributed by atoms with Crippen molar-refractivity contribution in [3.63, 3.8) is 0 Å². The van der Waals surface area contributed by atoms with E-state index in [1.807, 2.05) is 6.92 Å². The molecule has 1 aromatic carbocycles. The fourth-order valence-corrected chi connectivity index (χ4v) is 1.58. The van der Waals surface area contributed by atoms with Crippen molar-refractivity contribution in [1.82, 2.24) is 10.6 Å². The van der Waals surface area contributed by atoms with Crippen LogP contribution in [0.1, 0.15) is 29.3 Å². The van der Waals surface area contributed by atoms with Gasteiger partial charge in [-0.15, -0.1) is 0 Å². The molecule has 0 radical (unpaired) electrons. The van der Waals surface area contributed by atoms with E-state index in [2.05, 4.69) is 10.6 Å². The molecule has 0 atom stereocenters. The molecule has 2 amide bonds. The highest BCUT2D eigenvalue weighted by molar-refractivity contribution is 6.40. The number of benzene rings is 1. The van der Waals surface area contributed by atoms with E-state index in [0.717, 1.165) is 5.56 Å². The van der Waals surface area contributed by atoms with Crippen LogP contribution < -0.4 is 10.6 Å². The molecule has 0 aliphatic rings. The van der Waals surface area contributed by atoms with Gasteiger partial charge in [0.1, 0.15) is 0 Å². The molecule has 0 heterocycles. The molecule has 0 aromatic heterocycles. The summed E-state index contributed by atoms with van der Waals surface area (Å²) in [4.78, 5) is 45.5. The Morgan fingerprint density at radius 2 is 1.52 bits per heavy atom. The molecular formula is C15H18N2O4. The first-order valence-electron chi connectivity index (χ1n) is 6.55. The largest absolute Gasteiger partial charge is 0.355 e. The highest BCUT2D eigenvalue weighted by Crippen LogP contribution is 2.06. The van der Waals surface area contributed by atoms with Crippen molar-refractivity contribution in [3.8, 4) is 0 Å². The van der Waals surface area contributed by atoms with Gasteiger partial charge in [-0.25, -0.2) is 0 Å². The summed E-state index contributed by atoms with van der Waals surface area (Å²) < 4.78 is 0.